The summed E-state index contributed by atoms with van der Waals surface area (Å²) in [5.74, 6) is 1.38. The SMILES string of the molecule is c1ccc2c(c1)NCC2c1nc2ccccc2[nH]1. The predicted octanol–water partition coefficient (Wildman–Crippen LogP) is 3.12. The molecule has 2 aromatic carbocycles. The van der Waals surface area contributed by atoms with Crippen molar-refractivity contribution in [2.45, 2.75) is 5.92 Å². The van der Waals surface area contributed by atoms with Crippen LogP contribution in [0.4, 0.5) is 5.69 Å². The van der Waals surface area contributed by atoms with Crippen LogP contribution in [0.1, 0.15) is 17.3 Å². The number of hydrogen-bond donors (Lipinski definition) is 2. The van der Waals surface area contributed by atoms with E-state index in [0.29, 0.717) is 5.92 Å². The number of fused-ring (bicyclic) bond motifs is 2. The van der Waals surface area contributed by atoms with Crippen LogP contribution in [0.2, 0.25) is 0 Å². The molecule has 0 amide bonds. The van der Waals surface area contributed by atoms with Crippen LogP contribution in [0, 0.1) is 0 Å². The number of anilines is 1. The van der Waals surface area contributed by atoms with Crippen LogP contribution >= 0.6 is 0 Å². The second-order valence-corrected chi connectivity index (χ2v) is 4.66. The van der Waals surface area contributed by atoms with Crippen molar-refractivity contribution >= 4 is 16.7 Å². The van der Waals surface area contributed by atoms with Crippen molar-refractivity contribution in [1.29, 1.82) is 0 Å². The number of aromatic nitrogens is 2. The quantitative estimate of drug-likeness (QED) is 0.680. The Hall–Kier alpha value is -2.29. The molecule has 0 radical (unpaired) electrons. The molecule has 18 heavy (non-hydrogen) atoms. The number of para-hydroxylation sites is 3. The lowest BCUT2D eigenvalue weighted by Gasteiger charge is -2.05. The van der Waals surface area contributed by atoms with Crippen molar-refractivity contribution in [2.24, 2.45) is 0 Å². The Balaban J connectivity index is 1.85. The van der Waals surface area contributed by atoms with Gasteiger partial charge in [-0.3, -0.25) is 0 Å². The summed E-state index contributed by atoms with van der Waals surface area (Å²) in [5.41, 5.74) is 4.70. The van der Waals surface area contributed by atoms with Crippen molar-refractivity contribution in [3.8, 4) is 0 Å². The normalized spacial score (nSPS) is 17.7. The first-order chi connectivity index (χ1) is 8.92. The number of H-pyrrole nitrogens is 1. The first-order valence-electron chi connectivity index (χ1n) is 6.19. The Labute approximate surface area is 105 Å². The van der Waals surface area contributed by atoms with E-state index in [0.717, 1.165) is 23.4 Å². The van der Waals surface area contributed by atoms with Gasteiger partial charge in [0.25, 0.3) is 0 Å². The minimum Gasteiger partial charge on any atom is -0.384 e. The lowest BCUT2D eigenvalue weighted by Crippen LogP contribution is -2.05. The third kappa shape index (κ3) is 1.34. The van der Waals surface area contributed by atoms with Gasteiger partial charge in [0.2, 0.25) is 0 Å². The molecular formula is C15H13N3. The Kier molecular flexibility index (Phi) is 1.94. The van der Waals surface area contributed by atoms with Crippen molar-refractivity contribution in [2.75, 3.05) is 11.9 Å². The van der Waals surface area contributed by atoms with Gasteiger partial charge in [-0.25, -0.2) is 4.98 Å². The second-order valence-electron chi connectivity index (χ2n) is 4.66. The zero-order chi connectivity index (χ0) is 11.9. The second kappa shape index (κ2) is 3.60. The largest absolute Gasteiger partial charge is 0.384 e. The van der Waals surface area contributed by atoms with Gasteiger partial charge >= 0.3 is 0 Å². The fourth-order valence-corrected chi connectivity index (χ4v) is 2.67. The summed E-state index contributed by atoms with van der Waals surface area (Å²) in [6, 6.07) is 16.6. The van der Waals surface area contributed by atoms with Gasteiger partial charge < -0.3 is 10.3 Å². The molecule has 3 aromatic rings. The minimum atomic E-state index is 0.327. The molecule has 0 fully saturated rings. The highest BCUT2D eigenvalue weighted by Crippen LogP contribution is 2.35. The van der Waals surface area contributed by atoms with Gasteiger partial charge in [0.15, 0.2) is 0 Å². The molecule has 0 saturated carbocycles. The first kappa shape index (κ1) is 9.71. The summed E-state index contributed by atoms with van der Waals surface area (Å²) < 4.78 is 0. The van der Waals surface area contributed by atoms with E-state index in [4.69, 9.17) is 4.98 Å². The molecule has 0 saturated heterocycles. The maximum absolute atomic E-state index is 4.70. The van der Waals surface area contributed by atoms with Crippen molar-refractivity contribution in [3.05, 3.63) is 59.9 Å². The molecule has 2 heterocycles. The molecular weight excluding hydrogens is 222 g/mol. The van der Waals surface area contributed by atoms with Crippen LogP contribution in [0.15, 0.2) is 48.5 Å². The predicted molar refractivity (Wildman–Crippen MR) is 72.9 cm³/mol. The summed E-state index contributed by atoms with van der Waals surface area (Å²) in [5, 5.41) is 3.43. The van der Waals surface area contributed by atoms with Crippen LogP contribution < -0.4 is 5.32 Å². The molecule has 88 valence electrons. The maximum Gasteiger partial charge on any atom is 0.116 e. The number of nitrogens with zero attached hydrogens (tertiary/aromatic N) is 1. The van der Waals surface area contributed by atoms with Crippen LogP contribution in [0.5, 0.6) is 0 Å². The van der Waals surface area contributed by atoms with E-state index in [2.05, 4.69) is 40.6 Å². The topological polar surface area (TPSA) is 40.7 Å². The molecule has 0 aliphatic carbocycles. The molecule has 0 spiro atoms. The van der Waals surface area contributed by atoms with Gasteiger partial charge in [-0.1, -0.05) is 30.3 Å². The molecule has 1 unspecified atom stereocenters. The monoisotopic (exact) mass is 235 g/mol. The Morgan fingerprint density at radius 3 is 2.78 bits per heavy atom. The zero-order valence-corrected chi connectivity index (χ0v) is 9.85. The van der Waals surface area contributed by atoms with Gasteiger partial charge in [-0.05, 0) is 23.8 Å². The summed E-state index contributed by atoms with van der Waals surface area (Å²) in [6.07, 6.45) is 0. The molecule has 4 rings (SSSR count). The molecule has 1 atom stereocenters. The van der Waals surface area contributed by atoms with E-state index in [1.54, 1.807) is 0 Å². The highest BCUT2D eigenvalue weighted by atomic mass is 15.0. The highest BCUT2D eigenvalue weighted by molar-refractivity contribution is 5.75. The molecule has 3 heteroatoms. The smallest absolute Gasteiger partial charge is 0.116 e. The summed E-state index contributed by atoms with van der Waals surface area (Å²) in [4.78, 5) is 8.13. The minimum absolute atomic E-state index is 0.327. The van der Waals surface area contributed by atoms with E-state index < -0.39 is 0 Å². The van der Waals surface area contributed by atoms with Crippen molar-refractivity contribution in [1.82, 2.24) is 9.97 Å². The van der Waals surface area contributed by atoms with Crippen molar-refractivity contribution < 1.29 is 0 Å². The molecule has 3 nitrogen and oxygen atoms in total. The van der Waals surface area contributed by atoms with Gasteiger partial charge in [-0.2, -0.15) is 0 Å². The molecule has 2 N–H and O–H groups in total. The number of benzene rings is 2. The van der Waals surface area contributed by atoms with E-state index in [-0.39, 0.29) is 0 Å². The third-order valence-electron chi connectivity index (χ3n) is 3.57. The molecule has 1 aromatic heterocycles. The fourth-order valence-electron chi connectivity index (χ4n) is 2.67. The summed E-state index contributed by atoms with van der Waals surface area (Å²) >= 11 is 0. The Bertz CT molecular complexity index is 681. The van der Waals surface area contributed by atoms with Gasteiger partial charge in [0, 0.05) is 12.2 Å². The van der Waals surface area contributed by atoms with Gasteiger partial charge in [0.05, 0.1) is 17.0 Å². The number of hydrogen-bond acceptors (Lipinski definition) is 2. The van der Waals surface area contributed by atoms with E-state index in [1.165, 1.54) is 11.3 Å². The standard InChI is InChI=1S/C15H13N3/c1-2-6-12-10(5-1)11(9-16-12)15-17-13-7-3-4-8-14(13)18-15/h1-8,11,16H,9H2,(H,17,18). The molecule has 1 aliphatic heterocycles. The average molecular weight is 235 g/mol. The van der Waals surface area contributed by atoms with Crippen LogP contribution in [-0.4, -0.2) is 16.5 Å². The van der Waals surface area contributed by atoms with Crippen molar-refractivity contribution in [3.63, 3.8) is 0 Å². The molecule has 0 bridgehead atoms. The lowest BCUT2D eigenvalue weighted by atomic mass is 10.0. The van der Waals surface area contributed by atoms with E-state index >= 15 is 0 Å². The maximum atomic E-state index is 4.70. The van der Waals surface area contributed by atoms with Gasteiger partial charge in [-0.15, -0.1) is 0 Å². The fraction of sp³-hybridized carbons (Fsp3) is 0.133. The summed E-state index contributed by atoms with van der Waals surface area (Å²) in [7, 11) is 0. The number of nitrogens with one attached hydrogen (secondary N) is 2. The highest BCUT2D eigenvalue weighted by Gasteiger charge is 2.25. The lowest BCUT2D eigenvalue weighted by molar-refractivity contribution is 0.836. The van der Waals surface area contributed by atoms with Crippen LogP contribution in [0.3, 0.4) is 0 Å². The Morgan fingerprint density at radius 2 is 1.83 bits per heavy atom. The molecule has 1 aliphatic rings. The number of rotatable bonds is 1. The summed E-state index contributed by atoms with van der Waals surface area (Å²) in [6.45, 7) is 0.916. The van der Waals surface area contributed by atoms with Crippen LogP contribution in [-0.2, 0) is 0 Å². The first-order valence-corrected chi connectivity index (χ1v) is 6.19. The number of aromatic amines is 1. The van der Waals surface area contributed by atoms with E-state index in [1.807, 2.05) is 18.2 Å². The van der Waals surface area contributed by atoms with E-state index in [9.17, 15) is 0 Å². The van der Waals surface area contributed by atoms with Gasteiger partial charge in [0.1, 0.15) is 5.82 Å². The number of imidazole rings is 1. The average Bonchev–Trinajstić information content (AvgIpc) is 3.02. The zero-order valence-electron chi connectivity index (χ0n) is 9.85. The Morgan fingerprint density at radius 1 is 1.00 bits per heavy atom. The van der Waals surface area contributed by atoms with Crippen LogP contribution in [0.25, 0.3) is 11.0 Å². The third-order valence-corrected chi connectivity index (χ3v) is 3.57.